The van der Waals surface area contributed by atoms with Crippen molar-refractivity contribution in [3.63, 3.8) is 0 Å². The molecule has 1 N–H and O–H groups in total. The number of hydrogen-bond donors (Lipinski definition) is 1. The van der Waals surface area contributed by atoms with Gasteiger partial charge in [0, 0.05) is 24.3 Å². The number of nitrogens with one attached hydrogen (secondary N) is 1. The van der Waals surface area contributed by atoms with Crippen molar-refractivity contribution >= 4 is 17.1 Å². The summed E-state index contributed by atoms with van der Waals surface area (Å²) in [4.78, 5) is 33.6. The zero-order valence-corrected chi connectivity index (χ0v) is 13.3. The van der Waals surface area contributed by atoms with Crippen LogP contribution in [-0.4, -0.2) is 20.4 Å². The molecule has 1 fully saturated rings. The lowest BCUT2D eigenvalue weighted by atomic mass is 10.2. The highest BCUT2D eigenvalue weighted by atomic mass is 19.1. The van der Waals surface area contributed by atoms with Gasteiger partial charge in [-0.05, 0) is 31.0 Å². The monoisotopic (exact) mass is 338 g/mol. The Morgan fingerprint density at radius 3 is 2.80 bits per heavy atom. The molecule has 1 amide bonds. The molecule has 0 atom stereocenters. The van der Waals surface area contributed by atoms with Crippen LogP contribution >= 0.6 is 0 Å². The number of carbonyl (C=O) groups excluding carboxylic acids is 1. The summed E-state index contributed by atoms with van der Waals surface area (Å²) in [5, 5.41) is 2.57. The van der Waals surface area contributed by atoms with E-state index in [0.29, 0.717) is 16.7 Å². The Balaban J connectivity index is 1.69. The molecule has 25 heavy (non-hydrogen) atoms. The van der Waals surface area contributed by atoms with Crippen LogP contribution in [0.2, 0.25) is 0 Å². The summed E-state index contributed by atoms with van der Waals surface area (Å²) in [6, 6.07) is 9.65. The topological polar surface area (TPSA) is 76.9 Å². The summed E-state index contributed by atoms with van der Waals surface area (Å²) >= 11 is 0. The van der Waals surface area contributed by atoms with Gasteiger partial charge in [0.05, 0.1) is 0 Å². The van der Waals surface area contributed by atoms with Crippen molar-refractivity contribution in [2.75, 3.05) is 0 Å². The third-order valence-electron chi connectivity index (χ3n) is 4.17. The van der Waals surface area contributed by atoms with Gasteiger partial charge >= 0.3 is 0 Å². The largest absolute Gasteiger partial charge is 0.346 e. The van der Waals surface area contributed by atoms with Gasteiger partial charge < -0.3 is 5.32 Å². The molecule has 0 radical (unpaired) electrons. The molecule has 1 saturated carbocycles. The van der Waals surface area contributed by atoms with Crippen molar-refractivity contribution < 1.29 is 9.18 Å². The molecule has 0 spiro atoms. The van der Waals surface area contributed by atoms with Crippen molar-refractivity contribution in [1.29, 1.82) is 0 Å². The van der Waals surface area contributed by atoms with E-state index in [-0.39, 0.29) is 18.3 Å². The lowest BCUT2D eigenvalue weighted by Gasteiger charge is -2.10. The Morgan fingerprint density at radius 1 is 1.24 bits per heavy atom. The molecule has 0 aliphatic heterocycles. The molecule has 4 rings (SSSR count). The highest BCUT2D eigenvalue weighted by molar-refractivity contribution is 5.93. The number of fused-ring (bicyclic) bond motifs is 1. The summed E-state index contributed by atoms with van der Waals surface area (Å²) in [7, 11) is 0. The molecule has 0 unspecified atom stereocenters. The Labute approximate surface area is 142 Å². The molecule has 7 heteroatoms. The second kappa shape index (κ2) is 6.08. The molecule has 0 bridgehead atoms. The van der Waals surface area contributed by atoms with Gasteiger partial charge in [-0.3, -0.25) is 14.2 Å². The molecule has 2 aromatic heterocycles. The smallest absolute Gasteiger partial charge is 0.284 e. The Hall–Kier alpha value is -3.09. The highest BCUT2D eigenvalue weighted by Gasteiger charge is 2.29. The van der Waals surface area contributed by atoms with Gasteiger partial charge in [0.15, 0.2) is 11.3 Å². The summed E-state index contributed by atoms with van der Waals surface area (Å²) in [6.45, 7) is -0.0128. The second-order valence-electron chi connectivity index (χ2n) is 5.99. The molecule has 1 aliphatic carbocycles. The first kappa shape index (κ1) is 15.4. The van der Waals surface area contributed by atoms with Crippen LogP contribution in [0, 0.1) is 5.82 Å². The number of rotatable bonds is 4. The van der Waals surface area contributed by atoms with Crippen LogP contribution < -0.4 is 10.9 Å². The SMILES string of the molecule is O=C(NCc1ccccc1F)c1nc2cccnc2n(C2CC2)c1=O. The minimum absolute atomic E-state index is 0.0128. The fourth-order valence-corrected chi connectivity index (χ4v) is 2.76. The van der Waals surface area contributed by atoms with Gasteiger partial charge in [0.25, 0.3) is 11.5 Å². The Kier molecular flexibility index (Phi) is 3.76. The third-order valence-corrected chi connectivity index (χ3v) is 4.17. The van der Waals surface area contributed by atoms with Gasteiger partial charge in [0.1, 0.15) is 11.3 Å². The van der Waals surface area contributed by atoms with Crippen molar-refractivity contribution in [1.82, 2.24) is 19.9 Å². The van der Waals surface area contributed by atoms with Crippen LogP contribution in [0.5, 0.6) is 0 Å². The number of pyridine rings is 1. The van der Waals surface area contributed by atoms with Gasteiger partial charge in [-0.1, -0.05) is 18.2 Å². The van der Waals surface area contributed by atoms with Crippen LogP contribution in [0.4, 0.5) is 4.39 Å². The minimum atomic E-state index is -0.617. The van der Waals surface area contributed by atoms with Crippen LogP contribution in [0.15, 0.2) is 47.4 Å². The van der Waals surface area contributed by atoms with Crippen LogP contribution in [0.1, 0.15) is 34.9 Å². The maximum absolute atomic E-state index is 13.7. The van der Waals surface area contributed by atoms with Crippen LogP contribution in [0.25, 0.3) is 11.2 Å². The first-order valence-corrected chi connectivity index (χ1v) is 8.04. The zero-order valence-electron chi connectivity index (χ0n) is 13.3. The molecule has 1 aromatic carbocycles. The fourth-order valence-electron chi connectivity index (χ4n) is 2.76. The normalized spacial score (nSPS) is 13.8. The van der Waals surface area contributed by atoms with Gasteiger partial charge in [-0.2, -0.15) is 0 Å². The lowest BCUT2D eigenvalue weighted by molar-refractivity contribution is 0.0943. The number of benzene rings is 1. The fraction of sp³-hybridized carbons (Fsp3) is 0.222. The van der Waals surface area contributed by atoms with E-state index in [1.165, 1.54) is 6.07 Å². The number of nitrogens with zero attached hydrogens (tertiary/aromatic N) is 3. The average molecular weight is 338 g/mol. The zero-order chi connectivity index (χ0) is 17.4. The van der Waals surface area contributed by atoms with Crippen molar-refractivity contribution in [3.05, 3.63) is 70.0 Å². The Morgan fingerprint density at radius 2 is 2.04 bits per heavy atom. The lowest BCUT2D eigenvalue weighted by Crippen LogP contribution is -2.34. The van der Waals surface area contributed by atoms with E-state index in [1.807, 2.05) is 0 Å². The van der Waals surface area contributed by atoms with E-state index in [1.54, 1.807) is 41.1 Å². The first-order chi connectivity index (χ1) is 12.1. The van der Waals surface area contributed by atoms with Crippen molar-refractivity contribution in [2.45, 2.75) is 25.4 Å². The molecule has 0 saturated heterocycles. The van der Waals surface area contributed by atoms with Crippen LogP contribution in [-0.2, 0) is 6.54 Å². The van der Waals surface area contributed by atoms with Gasteiger partial charge in [0.2, 0.25) is 0 Å². The third kappa shape index (κ3) is 2.88. The molecular formula is C18H15FN4O2. The standard InChI is InChI=1S/C18H15FN4O2/c19-13-5-2-1-4-11(13)10-21-17(24)15-18(25)23(12-7-8-12)16-14(22-15)6-3-9-20-16/h1-6,9,12H,7-8,10H2,(H,21,24). The second-order valence-corrected chi connectivity index (χ2v) is 5.99. The van der Waals surface area contributed by atoms with E-state index < -0.39 is 17.3 Å². The number of carbonyl (C=O) groups is 1. The van der Waals surface area contributed by atoms with Gasteiger partial charge in [-0.15, -0.1) is 0 Å². The summed E-state index contributed by atoms with van der Waals surface area (Å²) < 4.78 is 15.2. The minimum Gasteiger partial charge on any atom is -0.346 e. The molecule has 1 aliphatic rings. The quantitative estimate of drug-likeness (QED) is 0.791. The predicted octanol–water partition coefficient (Wildman–Crippen LogP) is 2.20. The first-order valence-electron chi connectivity index (χ1n) is 8.04. The number of hydrogen-bond acceptors (Lipinski definition) is 4. The predicted molar refractivity (Wildman–Crippen MR) is 89.6 cm³/mol. The number of aromatic nitrogens is 3. The number of halogens is 1. The average Bonchev–Trinajstić information content (AvgIpc) is 3.45. The van der Waals surface area contributed by atoms with E-state index in [9.17, 15) is 14.0 Å². The summed E-state index contributed by atoms with van der Waals surface area (Å²) in [5.74, 6) is -1.03. The van der Waals surface area contributed by atoms with Crippen molar-refractivity contribution in [3.8, 4) is 0 Å². The van der Waals surface area contributed by atoms with E-state index in [0.717, 1.165) is 12.8 Å². The van der Waals surface area contributed by atoms with E-state index in [2.05, 4.69) is 15.3 Å². The van der Waals surface area contributed by atoms with Crippen molar-refractivity contribution in [2.24, 2.45) is 0 Å². The van der Waals surface area contributed by atoms with E-state index in [4.69, 9.17) is 0 Å². The molecule has 6 nitrogen and oxygen atoms in total. The van der Waals surface area contributed by atoms with Crippen LogP contribution in [0.3, 0.4) is 0 Å². The summed E-state index contributed by atoms with van der Waals surface area (Å²) in [6.07, 6.45) is 3.36. The molecule has 126 valence electrons. The number of amides is 1. The maximum Gasteiger partial charge on any atom is 0.284 e. The highest BCUT2D eigenvalue weighted by Crippen LogP contribution is 2.35. The molecular weight excluding hydrogens is 323 g/mol. The van der Waals surface area contributed by atoms with E-state index >= 15 is 0 Å². The molecule has 3 aromatic rings. The Bertz CT molecular complexity index is 1030. The van der Waals surface area contributed by atoms with Gasteiger partial charge in [-0.25, -0.2) is 14.4 Å². The maximum atomic E-state index is 13.7. The molecule has 2 heterocycles. The summed E-state index contributed by atoms with van der Waals surface area (Å²) in [5.41, 5.74) is 0.676.